The molecule has 0 saturated carbocycles. The van der Waals surface area contributed by atoms with Crippen LogP contribution < -0.4 is 5.73 Å². The Morgan fingerprint density at radius 1 is 1.47 bits per heavy atom. The Morgan fingerprint density at radius 3 is 3.00 bits per heavy atom. The Morgan fingerprint density at radius 2 is 2.27 bits per heavy atom. The number of nitrogens with two attached hydrogens (primary N) is 1. The van der Waals surface area contributed by atoms with E-state index in [-0.39, 0.29) is 0 Å². The average molecular weight is 226 g/mol. The summed E-state index contributed by atoms with van der Waals surface area (Å²) < 4.78 is 5.54. The smallest absolute Gasteiger partial charge is 0.197 e. The van der Waals surface area contributed by atoms with Gasteiger partial charge in [0, 0.05) is 5.92 Å². The Labute approximate surface area is 94.8 Å². The maximum absolute atomic E-state index is 5.54. The standard InChI is InChI=1S/C11H18N2OS/c12-5-1-2-10-8-14-11(13-10)9-3-6-15-7-4-9/h8-9H,1-7,12H2. The lowest BCUT2D eigenvalue weighted by molar-refractivity contribution is 0.430. The van der Waals surface area contributed by atoms with Gasteiger partial charge in [0.05, 0.1) is 5.69 Å². The lowest BCUT2D eigenvalue weighted by Gasteiger charge is -2.17. The fourth-order valence-electron chi connectivity index (χ4n) is 1.85. The van der Waals surface area contributed by atoms with Gasteiger partial charge in [0.15, 0.2) is 5.89 Å². The quantitative estimate of drug-likeness (QED) is 0.855. The summed E-state index contributed by atoms with van der Waals surface area (Å²) in [6.07, 6.45) is 6.16. The van der Waals surface area contributed by atoms with Crippen LogP contribution in [0, 0.1) is 0 Å². The van der Waals surface area contributed by atoms with Crippen molar-refractivity contribution in [3.05, 3.63) is 17.8 Å². The number of aromatic nitrogens is 1. The van der Waals surface area contributed by atoms with Gasteiger partial charge in [-0.3, -0.25) is 0 Å². The monoisotopic (exact) mass is 226 g/mol. The summed E-state index contributed by atoms with van der Waals surface area (Å²) in [5.74, 6) is 3.98. The second-order valence-corrected chi connectivity index (χ2v) is 5.18. The van der Waals surface area contributed by atoms with Crippen molar-refractivity contribution in [2.45, 2.75) is 31.6 Å². The molecule has 1 aromatic heterocycles. The van der Waals surface area contributed by atoms with E-state index in [4.69, 9.17) is 10.2 Å². The minimum atomic E-state index is 0.554. The molecule has 0 spiro atoms. The lowest BCUT2D eigenvalue weighted by Crippen LogP contribution is -2.08. The summed E-state index contributed by atoms with van der Waals surface area (Å²) >= 11 is 2.03. The van der Waals surface area contributed by atoms with Gasteiger partial charge in [0.2, 0.25) is 0 Å². The summed E-state index contributed by atoms with van der Waals surface area (Å²) in [6.45, 7) is 0.724. The van der Waals surface area contributed by atoms with Crippen LogP contribution in [-0.4, -0.2) is 23.0 Å². The van der Waals surface area contributed by atoms with Gasteiger partial charge in [-0.1, -0.05) is 0 Å². The minimum absolute atomic E-state index is 0.554. The van der Waals surface area contributed by atoms with Crippen LogP contribution in [0.25, 0.3) is 0 Å². The van der Waals surface area contributed by atoms with Gasteiger partial charge in [-0.2, -0.15) is 11.8 Å². The number of rotatable bonds is 4. The number of hydrogen-bond donors (Lipinski definition) is 1. The zero-order valence-corrected chi connectivity index (χ0v) is 9.76. The van der Waals surface area contributed by atoms with Crippen molar-refractivity contribution in [1.29, 1.82) is 0 Å². The van der Waals surface area contributed by atoms with Crippen LogP contribution in [-0.2, 0) is 6.42 Å². The zero-order chi connectivity index (χ0) is 10.5. The topological polar surface area (TPSA) is 52.0 Å². The van der Waals surface area contributed by atoms with E-state index in [2.05, 4.69) is 4.98 Å². The molecular weight excluding hydrogens is 208 g/mol. The van der Waals surface area contributed by atoms with Crippen LogP contribution in [0.2, 0.25) is 0 Å². The summed E-state index contributed by atoms with van der Waals surface area (Å²) in [5, 5.41) is 0. The SMILES string of the molecule is NCCCc1coc(C2CCSCC2)n1. The molecule has 15 heavy (non-hydrogen) atoms. The van der Waals surface area contributed by atoms with Crippen molar-refractivity contribution in [2.24, 2.45) is 5.73 Å². The summed E-state index contributed by atoms with van der Waals surface area (Å²) in [6, 6.07) is 0. The molecule has 0 radical (unpaired) electrons. The van der Waals surface area contributed by atoms with Gasteiger partial charge in [-0.25, -0.2) is 4.98 Å². The molecule has 1 aliphatic rings. The van der Waals surface area contributed by atoms with Gasteiger partial charge >= 0.3 is 0 Å². The summed E-state index contributed by atoms with van der Waals surface area (Å²) in [7, 11) is 0. The van der Waals surface area contributed by atoms with Crippen molar-refractivity contribution in [1.82, 2.24) is 4.98 Å². The number of aryl methyl sites for hydroxylation is 1. The van der Waals surface area contributed by atoms with Gasteiger partial charge in [0.1, 0.15) is 6.26 Å². The van der Waals surface area contributed by atoms with Crippen molar-refractivity contribution in [3.63, 3.8) is 0 Å². The van der Waals surface area contributed by atoms with E-state index in [0.717, 1.165) is 31.0 Å². The maximum Gasteiger partial charge on any atom is 0.197 e. The molecule has 0 aliphatic carbocycles. The second-order valence-electron chi connectivity index (χ2n) is 3.96. The van der Waals surface area contributed by atoms with Crippen molar-refractivity contribution in [2.75, 3.05) is 18.1 Å². The number of nitrogens with zero attached hydrogens (tertiary/aromatic N) is 1. The van der Waals surface area contributed by atoms with E-state index in [1.807, 2.05) is 11.8 Å². The first-order valence-electron chi connectivity index (χ1n) is 5.62. The molecule has 2 N–H and O–H groups in total. The maximum atomic E-state index is 5.54. The van der Waals surface area contributed by atoms with Crippen LogP contribution in [0.3, 0.4) is 0 Å². The Hall–Kier alpha value is -0.480. The third-order valence-corrected chi connectivity index (χ3v) is 3.83. The van der Waals surface area contributed by atoms with Crippen LogP contribution in [0.4, 0.5) is 0 Å². The molecule has 84 valence electrons. The Bertz CT molecular complexity index is 295. The predicted octanol–water partition coefficient (Wildman–Crippen LogP) is 2.18. The van der Waals surface area contributed by atoms with Crippen LogP contribution in [0.5, 0.6) is 0 Å². The number of oxazole rings is 1. The Balaban J connectivity index is 1.93. The molecule has 0 atom stereocenters. The molecular formula is C11H18N2OS. The molecule has 2 heterocycles. The van der Waals surface area contributed by atoms with Gasteiger partial charge in [-0.15, -0.1) is 0 Å². The largest absolute Gasteiger partial charge is 0.448 e. The fourth-order valence-corrected chi connectivity index (χ4v) is 2.96. The highest BCUT2D eigenvalue weighted by atomic mass is 32.2. The van der Waals surface area contributed by atoms with Crippen molar-refractivity contribution < 1.29 is 4.42 Å². The molecule has 2 rings (SSSR count). The highest BCUT2D eigenvalue weighted by Crippen LogP contribution is 2.30. The van der Waals surface area contributed by atoms with Crippen LogP contribution in [0.1, 0.15) is 36.8 Å². The zero-order valence-electron chi connectivity index (χ0n) is 8.95. The molecule has 0 amide bonds. The number of hydrogen-bond acceptors (Lipinski definition) is 4. The highest BCUT2D eigenvalue weighted by Gasteiger charge is 2.20. The normalized spacial score (nSPS) is 18.2. The fraction of sp³-hybridized carbons (Fsp3) is 0.727. The first kappa shape index (κ1) is 11.0. The molecule has 0 unspecified atom stereocenters. The highest BCUT2D eigenvalue weighted by molar-refractivity contribution is 7.99. The molecule has 1 fully saturated rings. The van der Waals surface area contributed by atoms with Crippen molar-refractivity contribution >= 4 is 11.8 Å². The third kappa shape index (κ3) is 2.98. The van der Waals surface area contributed by atoms with E-state index in [1.54, 1.807) is 6.26 Å². The molecule has 4 heteroatoms. The predicted molar refractivity (Wildman–Crippen MR) is 63.2 cm³/mol. The summed E-state index contributed by atoms with van der Waals surface area (Å²) in [5.41, 5.74) is 6.53. The van der Waals surface area contributed by atoms with Gasteiger partial charge in [-0.05, 0) is 43.7 Å². The first-order valence-corrected chi connectivity index (χ1v) is 6.77. The lowest BCUT2D eigenvalue weighted by atomic mass is 10.0. The van der Waals surface area contributed by atoms with E-state index < -0.39 is 0 Å². The van der Waals surface area contributed by atoms with E-state index in [1.165, 1.54) is 24.3 Å². The Kier molecular flexibility index (Phi) is 4.09. The molecule has 1 saturated heterocycles. The van der Waals surface area contributed by atoms with Crippen molar-refractivity contribution in [3.8, 4) is 0 Å². The molecule has 0 bridgehead atoms. The van der Waals surface area contributed by atoms with Crippen LogP contribution >= 0.6 is 11.8 Å². The molecule has 3 nitrogen and oxygen atoms in total. The summed E-state index contributed by atoms with van der Waals surface area (Å²) in [4.78, 5) is 4.54. The van der Waals surface area contributed by atoms with E-state index >= 15 is 0 Å². The molecule has 1 aromatic rings. The van der Waals surface area contributed by atoms with Gasteiger partial charge in [0.25, 0.3) is 0 Å². The third-order valence-electron chi connectivity index (χ3n) is 2.78. The van der Waals surface area contributed by atoms with E-state index in [0.29, 0.717) is 5.92 Å². The van der Waals surface area contributed by atoms with E-state index in [9.17, 15) is 0 Å². The minimum Gasteiger partial charge on any atom is -0.448 e. The molecule has 0 aromatic carbocycles. The van der Waals surface area contributed by atoms with Crippen LogP contribution in [0.15, 0.2) is 10.7 Å². The first-order chi connectivity index (χ1) is 7.40. The second kappa shape index (κ2) is 5.56. The van der Waals surface area contributed by atoms with Gasteiger partial charge < -0.3 is 10.2 Å². The molecule has 1 aliphatic heterocycles. The average Bonchev–Trinajstić information content (AvgIpc) is 2.76. The number of thioether (sulfide) groups is 1.